The number of aromatic amines is 1. The molecule has 3 heteroatoms. The molecule has 1 aliphatic heterocycles. The first-order valence-electron chi connectivity index (χ1n) is 8.24. The van der Waals surface area contributed by atoms with Gasteiger partial charge in [0, 0.05) is 17.7 Å². The van der Waals surface area contributed by atoms with Gasteiger partial charge in [0.15, 0.2) is 0 Å². The Kier molecular flexibility index (Phi) is 3.95. The molecule has 3 nitrogen and oxygen atoms in total. The molecule has 0 aliphatic carbocycles. The van der Waals surface area contributed by atoms with Crippen molar-refractivity contribution in [3.8, 4) is 22.5 Å². The van der Waals surface area contributed by atoms with Crippen molar-refractivity contribution >= 4 is 0 Å². The Morgan fingerprint density at radius 1 is 0.870 bits per heavy atom. The maximum Gasteiger partial charge on any atom is 0.136 e. The molecule has 1 N–H and O–H groups in total. The maximum atomic E-state index is 5.91. The zero-order chi connectivity index (χ0) is 15.5. The summed E-state index contributed by atoms with van der Waals surface area (Å²) in [5.41, 5.74) is 4.35. The lowest BCUT2D eigenvalue weighted by atomic mass is 10.1. The first kappa shape index (κ1) is 14.2. The van der Waals surface area contributed by atoms with Gasteiger partial charge in [0.05, 0.1) is 11.4 Å². The second kappa shape index (κ2) is 6.39. The van der Waals surface area contributed by atoms with Crippen molar-refractivity contribution in [3.63, 3.8) is 0 Å². The summed E-state index contributed by atoms with van der Waals surface area (Å²) in [7, 11) is 0. The highest BCUT2D eigenvalue weighted by Crippen LogP contribution is 2.34. The molecular formula is C20H20N2O. The Bertz CT molecular complexity index is 702. The third kappa shape index (κ3) is 2.92. The minimum Gasteiger partial charge on any atom is -0.370 e. The van der Waals surface area contributed by atoms with Gasteiger partial charge in [-0.1, -0.05) is 60.7 Å². The Labute approximate surface area is 136 Å². The molecule has 2 aromatic carbocycles. The molecule has 2 heterocycles. The molecular weight excluding hydrogens is 284 g/mol. The molecule has 116 valence electrons. The van der Waals surface area contributed by atoms with Gasteiger partial charge in [-0.05, 0) is 19.3 Å². The molecule has 1 aliphatic rings. The van der Waals surface area contributed by atoms with E-state index in [4.69, 9.17) is 9.72 Å². The van der Waals surface area contributed by atoms with E-state index >= 15 is 0 Å². The Balaban J connectivity index is 1.81. The van der Waals surface area contributed by atoms with Crippen LogP contribution in [0.5, 0.6) is 0 Å². The van der Waals surface area contributed by atoms with E-state index in [0.717, 1.165) is 47.8 Å². The van der Waals surface area contributed by atoms with Crippen LogP contribution in [-0.4, -0.2) is 16.6 Å². The number of benzene rings is 2. The van der Waals surface area contributed by atoms with E-state index in [0.29, 0.717) is 0 Å². The minimum absolute atomic E-state index is 0.0867. The van der Waals surface area contributed by atoms with Crippen LogP contribution in [0.25, 0.3) is 22.5 Å². The molecule has 1 atom stereocenters. The summed E-state index contributed by atoms with van der Waals surface area (Å²) in [4.78, 5) is 8.43. The van der Waals surface area contributed by atoms with Crippen LogP contribution in [-0.2, 0) is 4.74 Å². The molecule has 0 radical (unpaired) electrons. The Morgan fingerprint density at radius 3 is 2.22 bits per heavy atom. The summed E-state index contributed by atoms with van der Waals surface area (Å²) >= 11 is 0. The quantitative estimate of drug-likeness (QED) is 0.740. The van der Waals surface area contributed by atoms with Crippen molar-refractivity contribution in [2.24, 2.45) is 0 Å². The summed E-state index contributed by atoms with van der Waals surface area (Å²) < 4.78 is 5.91. The van der Waals surface area contributed by atoms with Crippen molar-refractivity contribution in [2.75, 3.05) is 6.61 Å². The summed E-state index contributed by atoms with van der Waals surface area (Å²) in [6.07, 6.45) is 3.47. The van der Waals surface area contributed by atoms with Crippen LogP contribution >= 0.6 is 0 Å². The lowest BCUT2D eigenvalue weighted by Gasteiger charge is -2.20. The fourth-order valence-electron chi connectivity index (χ4n) is 3.12. The molecule has 0 saturated carbocycles. The molecule has 23 heavy (non-hydrogen) atoms. The van der Waals surface area contributed by atoms with Crippen molar-refractivity contribution in [2.45, 2.75) is 25.4 Å². The van der Waals surface area contributed by atoms with Crippen molar-refractivity contribution in [3.05, 3.63) is 66.5 Å². The molecule has 0 amide bonds. The minimum atomic E-state index is 0.0867. The molecule has 0 spiro atoms. The monoisotopic (exact) mass is 304 g/mol. The van der Waals surface area contributed by atoms with E-state index in [9.17, 15) is 0 Å². The van der Waals surface area contributed by atoms with Gasteiger partial charge in [-0.25, -0.2) is 4.98 Å². The standard InChI is InChI=1S/C20H20N2O/c1-3-9-15(10-4-1)18-19(16-11-5-2-6-12-16)22-20(21-18)17-13-7-8-14-23-17/h1-6,9-12,17H,7-8,13-14H2,(H,21,22)/t17-/m1/s1. The second-order valence-electron chi connectivity index (χ2n) is 5.93. The van der Waals surface area contributed by atoms with E-state index < -0.39 is 0 Å². The number of imidazole rings is 1. The van der Waals surface area contributed by atoms with Crippen molar-refractivity contribution in [1.82, 2.24) is 9.97 Å². The second-order valence-corrected chi connectivity index (χ2v) is 5.93. The predicted octanol–water partition coefficient (Wildman–Crippen LogP) is 4.99. The molecule has 0 unspecified atom stereocenters. The number of nitrogens with one attached hydrogen (secondary N) is 1. The number of ether oxygens (including phenoxy) is 1. The van der Waals surface area contributed by atoms with Gasteiger partial charge in [-0.2, -0.15) is 0 Å². The third-order valence-corrected chi connectivity index (χ3v) is 4.32. The largest absolute Gasteiger partial charge is 0.370 e. The molecule has 0 bridgehead atoms. The lowest BCUT2D eigenvalue weighted by Crippen LogP contribution is -2.12. The average molecular weight is 304 g/mol. The number of aromatic nitrogens is 2. The van der Waals surface area contributed by atoms with E-state index in [-0.39, 0.29) is 6.10 Å². The van der Waals surface area contributed by atoms with E-state index in [1.165, 1.54) is 6.42 Å². The fraction of sp³-hybridized carbons (Fsp3) is 0.250. The topological polar surface area (TPSA) is 37.9 Å². The average Bonchev–Trinajstić information content (AvgIpc) is 3.09. The number of hydrogen-bond acceptors (Lipinski definition) is 2. The Morgan fingerprint density at radius 2 is 1.57 bits per heavy atom. The summed E-state index contributed by atoms with van der Waals surface area (Å²) in [5, 5.41) is 0. The predicted molar refractivity (Wildman–Crippen MR) is 92.0 cm³/mol. The molecule has 4 rings (SSSR count). The van der Waals surface area contributed by atoms with Gasteiger partial charge in [0.25, 0.3) is 0 Å². The lowest BCUT2D eigenvalue weighted by molar-refractivity contribution is 0.0100. The smallest absolute Gasteiger partial charge is 0.136 e. The van der Waals surface area contributed by atoms with E-state index in [1.54, 1.807) is 0 Å². The highest BCUT2D eigenvalue weighted by atomic mass is 16.5. The Hall–Kier alpha value is -2.39. The van der Waals surface area contributed by atoms with Crippen LogP contribution in [0.15, 0.2) is 60.7 Å². The number of nitrogens with zero attached hydrogens (tertiary/aromatic N) is 1. The van der Waals surface area contributed by atoms with Crippen LogP contribution in [0.1, 0.15) is 31.2 Å². The van der Waals surface area contributed by atoms with Gasteiger partial charge in [-0.3, -0.25) is 0 Å². The van der Waals surface area contributed by atoms with Gasteiger partial charge in [-0.15, -0.1) is 0 Å². The molecule has 1 saturated heterocycles. The number of rotatable bonds is 3. The maximum absolute atomic E-state index is 5.91. The van der Waals surface area contributed by atoms with Crippen LogP contribution in [0.2, 0.25) is 0 Å². The summed E-state index contributed by atoms with van der Waals surface area (Å²) in [6.45, 7) is 0.826. The fourth-order valence-corrected chi connectivity index (χ4v) is 3.12. The van der Waals surface area contributed by atoms with Gasteiger partial charge < -0.3 is 9.72 Å². The summed E-state index contributed by atoms with van der Waals surface area (Å²) in [6, 6.07) is 20.7. The third-order valence-electron chi connectivity index (χ3n) is 4.32. The zero-order valence-electron chi connectivity index (χ0n) is 13.0. The normalized spacial score (nSPS) is 18.0. The van der Waals surface area contributed by atoms with Crippen LogP contribution in [0.3, 0.4) is 0 Å². The van der Waals surface area contributed by atoms with Crippen LogP contribution in [0.4, 0.5) is 0 Å². The molecule has 1 aromatic heterocycles. The van der Waals surface area contributed by atoms with E-state index in [1.807, 2.05) is 12.1 Å². The zero-order valence-corrected chi connectivity index (χ0v) is 13.0. The SMILES string of the molecule is c1ccc(-c2nc([C@H]3CCCCO3)[nH]c2-c2ccccc2)cc1. The van der Waals surface area contributed by atoms with Gasteiger partial charge in [0.2, 0.25) is 0 Å². The first-order valence-corrected chi connectivity index (χ1v) is 8.24. The number of hydrogen-bond donors (Lipinski definition) is 1. The molecule has 3 aromatic rings. The van der Waals surface area contributed by atoms with Crippen LogP contribution in [0, 0.1) is 0 Å². The van der Waals surface area contributed by atoms with E-state index in [2.05, 4.69) is 53.5 Å². The highest BCUT2D eigenvalue weighted by Gasteiger charge is 2.22. The van der Waals surface area contributed by atoms with Crippen LogP contribution < -0.4 is 0 Å². The first-order chi connectivity index (χ1) is 11.4. The van der Waals surface area contributed by atoms with Crippen molar-refractivity contribution < 1.29 is 4.74 Å². The van der Waals surface area contributed by atoms with Gasteiger partial charge in [0.1, 0.15) is 11.9 Å². The van der Waals surface area contributed by atoms with Gasteiger partial charge >= 0.3 is 0 Å². The van der Waals surface area contributed by atoms with Crippen molar-refractivity contribution in [1.29, 1.82) is 0 Å². The summed E-state index contributed by atoms with van der Waals surface area (Å²) in [5.74, 6) is 0.947. The highest BCUT2D eigenvalue weighted by molar-refractivity contribution is 5.78. The molecule has 1 fully saturated rings. The number of H-pyrrole nitrogens is 1.